The number of nitrogens with zero attached hydrogens (tertiary/aromatic N) is 2. The highest BCUT2D eigenvalue weighted by molar-refractivity contribution is 7.99. The van der Waals surface area contributed by atoms with Crippen LogP contribution in [0.2, 0.25) is 10.0 Å². The number of nitrogens with one attached hydrogen (secondary N) is 1. The maximum atomic E-state index is 6.32. The monoisotopic (exact) mass is 321 g/mol. The Morgan fingerprint density at radius 1 is 0.950 bits per heavy atom. The van der Waals surface area contributed by atoms with Crippen LogP contribution in [0.3, 0.4) is 0 Å². The van der Waals surface area contributed by atoms with Gasteiger partial charge in [-0.15, -0.1) is 5.10 Å². The van der Waals surface area contributed by atoms with Gasteiger partial charge in [-0.2, -0.15) is 0 Å². The predicted octanol–water partition coefficient (Wildman–Crippen LogP) is 4.93. The Kier molecular flexibility index (Phi) is 3.96. The molecule has 3 nitrogen and oxygen atoms in total. The number of hydrogen-bond acceptors (Lipinski definition) is 3. The Morgan fingerprint density at radius 2 is 1.70 bits per heavy atom. The van der Waals surface area contributed by atoms with Crippen molar-refractivity contribution in [3.8, 4) is 11.1 Å². The van der Waals surface area contributed by atoms with Crippen molar-refractivity contribution in [1.82, 2.24) is 15.4 Å². The van der Waals surface area contributed by atoms with Gasteiger partial charge in [0.15, 0.2) is 0 Å². The molecule has 0 aliphatic heterocycles. The van der Waals surface area contributed by atoms with E-state index in [1.807, 2.05) is 42.5 Å². The molecule has 1 aromatic heterocycles. The van der Waals surface area contributed by atoms with Crippen LogP contribution in [0, 0.1) is 0 Å². The molecule has 0 amide bonds. The number of halogens is 2. The topological polar surface area (TPSA) is 41.6 Å². The molecule has 100 valence electrons. The van der Waals surface area contributed by atoms with Crippen molar-refractivity contribution in [1.29, 1.82) is 0 Å². The summed E-state index contributed by atoms with van der Waals surface area (Å²) in [6, 6.07) is 13.6. The summed E-state index contributed by atoms with van der Waals surface area (Å²) < 4.78 is 0. The first-order valence-corrected chi connectivity index (χ1v) is 7.39. The number of H-pyrrole nitrogens is 1. The molecule has 3 rings (SSSR count). The summed E-state index contributed by atoms with van der Waals surface area (Å²) in [7, 11) is 0. The zero-order chi connectivity index (χ0) is 13.9. The zero-order valence-corrected chi connectivity index (χ0v) is 12.5. The quantitative estimate of drug-likeness (QED) is 0.743. The highest BCUT2D eigenvalue weighted by atomic mass is 35.5. The Labute approximate surface area is 130 Å². The van der Waals surface area contributed by atoms with Crippen LogP contribution in [0.15, 0.2) is 58.6 Å². The van der Waals surface area contributed by atoms with Crippen molar-refractivity contribution < 1.29 is 0 Å². The molecule has 0 unspecified atom stereocenters. The highest BCUT2D eigenvalue weighted by Crippen LogP contribution is 2.34. The van der Waals surface area contributed by atoms with E-state index in [0.717, 1.165) is 26.1 Å². The molecule has 1 heterocycles. The summed E-state index contributed by atoms with van der Waals surface area (Å²) in [5.74, 6) is 0. The number of aromatic amines is 1. The standard InChI is InChI=1S/C14H9Cl2N3S/c15-11-4-1-9(2-5-11)10-3-6-13(12(16)7-10)20-14-8-17-19-18-14/h1-8H,(H,17,18,19). The van der Waals surface area contributed by atoms with Crippen molar-refractivity contribution in [3.05, 3.63) is 58.7 Å². The second kappa shape index (κ2) is 5.87. The van der Waals surface area contributed by atoms with E-state index in [1.54, 1.807) is 6.20 Å². The summed E-state index contributed by atoms with van der Waals surface area (Å²) in [5, 5.41) is 12.5. The molecule has 6 heteroatoms. The van der Waals surface area contributed by atoms with E-state index in [1.165, 1.54) is 11.8 Å². The molecule has 0 fully saturated rings. The smallest absolute Gasteiger partial charge is 0.143 e. The number of aromatic nitrogens is 3. The zero-order valence-electron chi connectivity index (χ0n) is 10.2. The fourth-order valence-electron chi connectivity index (χ4n) is 1.76. The van der Waals surface area contributed by atoms with Gasteiger partial charge in [-0.3, -0.25) is 5.10 Å². The second-order valence-electron chi connectivity index (χ2n) is 4.07. The molecule has 1 N–H and O–H groups in total. The molecular weight excluding hydrogens is 313 g/mol. The van der Waals surface area contributed by atoms with Gasteiger partial charge in [-0.1, -0.05) is 58.4 Å². The normalized spacial score (nSPS) is 10.7. The minimum absolute atomic E-state index is 0.686. The van der Waals surface area contributed by atoms with Crippen molar-refractivity contribution in [2.24, 2.45) is 0 Å². The van der Waals surface area contributed by atoms with Crippen LogP contribution >= 0.6 is 35.0 Å². The average Bonchev–Trinajstić information content (AvgIpc) is 2.95. The van der Waals surface area contributed by atoms with E-state index in [-0.39, 0.29) is 0 Å². The van der Waals surface area contributed by atoms with Crippen LogP contribution in [-0.2, 0) is 0 Å². The summed E-state index contributed by atoms with van der Waals surface area (Å²) in [6.07, 6.45) is 1.73. The average molecular weight is 322 g/mol. The third-order valence-electron chi connectivity index (χ3n) is 2.72. The molecule has 0 aliphatic carbocycles. The maximum Gasteiger partial charge on any atom is 0.143 e. The lowest BCUT2D eigenvalue weighted by molar-refractivity contribution is 0.911. The molecular formula is C14H9Cl2N3S. The Hall–Kier alpha value is -1.49. The number of benzene rings is 2. The van der Waals surface area contributed by atoms with Gasteiger partial charge in [-0.25, -0.2) is 0 Å². The van der Waals surface area contributed by atoms with Gasteiger partial charge in [0.1, 0.15) is 5.03 Å². The largest absolute Gasteiger partial charge is 0.264 e. The van der Waals surface area contributed by atoms with E-state index in [2.05, 4.69) is 15.4 Å². The van der Waals surface area contributed by atoms with Crippen LogP contribution in [0.4, 0.5) is 0 Å². The van der Waals surface area contributed by atoms with Gasteiger partial charge in [0, 0.05) is 9.92 Å². The van der Waals surface area contributed by atoms with Gasteiger partial charge in [0.2, 0.25) is 0 Å². The molecule has 0 aliphatic rings. The van der Waals surface area contributed by atoms with E-state index < -0.39 is 0 Å². The molecule has 0 atom stereocenters. The van der Waals surface area contributed by atoms with Gasteiger partial charge in [-0.05, 0) is 35.4 Å². The van der Waals surface area contributed by atoms with E-state index in [0.29, 0.717) is 5.02 Å². The van der Waals surface area contributed by atoms with Crippen LogP contribution in [0.5, 0.6) is 0 Å². The summed E-state index contributed by atoms with van der Waals surface area (Å²) in [4.78, 5) is 0.943. The first-order valence-electron chi connectivity index (χ1n) is 5.82. The first-order chi connectivity index (χ1) is 9.72. The molecule has 0 radical (unpaired) electrons. The third kappa shape index (κ3) is 2.98. The van der Waals surface area contributed by atoms with E-state index in [4.69, 9.17) is 23.2 Å². The molecule has 0 saturated heterocycles. The molecule has 2 aromatic carbocycles. The van der Waals surface area contributed by atoms with E-state index >= 15 is 0 Å². The van der Waals surface area contributed by atoms with Crippen molar-refractivity contribution in [3.63, 3.8) is 0 Å². The van der Waals surface area contributed by atoms with Gasteiger partial charge in [0.05, 0.1) is 11.2 Å². The molecule has 0 saturated carbocycles. The Balaban J connectivity index is 1.89. The van der Waals surface area contributed by atoms with Gasteiger partial charge in [0.25, 0.3) is 0 Å². The maximum absolute atomic E-state index is 6.32. The first kappa shape index (κ1) is 13.5. The minimum Gasteiger partial charge on any atom is -0.264 e. The van der Waals surface area contributed by atoms with Crippen molar-refractivity contribution in [2.75, 3.05) is 0 Å². The third-order valence-corrected chi connectivity index (χ3v) is 4.38. The molecule has 0 spiro atoms. The van der Waals surface area contributed by atoms with Crippen molar-refractivity contribution >= 4 is 35.0 Å². The molecule has 20 heavy (non-hydrogen) atoms. The minimum atomic E-state index is 0.686. The van der Waals surface area contributed by atoms with Crippen molar-refractivity contribution in [2.45, 2.75) is 9.92 Å². The fourth-order valence-corrected chi connectivity index (χ4v) is 2.89. The highest BCUT2D eigenvalue weighted by Gasteiger charge is 2.07. The van der Waals surface area contributed by atoms with Crippen LogP contribution in [0.25, 0.3) is 11.1 Å². The number of hydrogen-bond donors (Lipinski definition) is 1. The Bertz CT molecular complexity index is 712. The number of rotatable bonds is 3. The van der Waals surface area contributed by atoms with E-state index in [9.17, 15) is 0 Å². The summed E-state index contributed by atoms with van der Waals surface area (Å²) >= 11 is 13.7. The molecule has 0 bridgehead atoms. The van der Waals surface area contributed by atoms with Gasteiger partial charge < -0.3 is 0 Å². The molecule has 3 aromatic rings. The Morgan fingerprint density at radius 3 is 2.35 bits per heavy atom. The van der Waals surface area contributed by atoms with Gasteiger partial charge >= 0.3 is 0 Å². The second-order valence-corrected chi connectivity index (χ2v) is 5.97. The fraction of sp³-hybridized carbons (Fsp3) is 0. The predicted molar refractivity (Wildman–Crippen MR) is 82.4 cm³/mol. The summed E-state index contributed by atoms with van der Waals surface area (Å²) in [5.41, 5.74) is 2.13. The van der Waals surface area contributed by atoms with Crippen LogP contribution in [-0.4, -0.2) is 15.4 Å². The lowest BCUT2D eigenvalue weighted by Crippen LogP contribution is -1.81. The summed E-state index contributed by atoms with van der Waals surface area (Å²) in [6.45, 7) is 0. The SMILES string of the molecule is Clc1ccc(-c2ccc(Sc3c[nH]nn3)c(Cl)c2)cc1. The van der Waals surface area contributed by atoms with Crippen LogP contribution < -0.4 is 0 Å². The van der Waals surface area contributed by atoms with Crippen LogP contribution in [0.1, 0.15) is 0 Å². The lowest BCUT2D eigenvalue weighted by atomic mass is 10.1. The lowest BCUT2D eigenvalue weighted by Gasteiger charge is -2.06.